The van der Waals surface area contributed by atoms with Crippen molar-refractivity contribution < 1.29 is 38.3 Å². The number of hydrogen-bond acceptors (Lipinski definition) is 12. The average Bonchev–Trinajstić information content (AvgIpc) is 3.93. The van der Waals surface area contributed by atoms with E-state index in [1.165, 1.54) is 70.6 Å². The highest BCUT2D eigenvalue weighted by Gasteiger charge is 2.21. The predicted molar refractivity (Wildman–Crippen MR) is 262 cm³/mol. The highest BCUT2D eigenvalue weighted by molar-refractivity contribution is 6.75. The number of aromatic nitrogens is 6. The molecule has 1 aliphatic carbocycles. The number of rotatable bonds is 29. The molecule has 1 unspecified atom stereocenters. The lowest BCUT2D eigenvalue weighted by atomic mass is 10.0. The van der Waals surface area contributed by atoms with E-state index in [9.17, 15) is 33.6 Å². The maximum absolute atomic E-state index is 12.8. The fraction of sp³-hybridized carbons (Fsp3) is 0.761. The lowest BCUT2D eigenvalue weighted by Crippen LogP contribution is -2.40. The number of aryl methyl sites for hydroxylation is 4. The Bertz CT molecular complexity index is 1810. The Morgan fingerprint density at radius 3 is 1.54 bits per heavy atom. The molecular formula is C46H81N11O8Si2. The molecule has 5 amide bonds. The maximum atomic E-state index is 12.8. The third kappa shape index (κ3) is 28.9. The number of amides is 5. The first kappa shape index (κ1) is 56.5. The smallest absolute Gasteiger partial charge is 0.407 e. The summed E-state index contributed by atoms with van der Waals surface area (Å²) < 4.78 is 8.78. The van der Waals surface area contributed by atoms with E-state index in [1.807, 2.05) is 0 Å². The Kier molecular flexibility index (Phi) is 27.7. The van der Waals surface area contributed by atoms with E-state index < -0.39 is 27.3 Å². The van der Waals surface area contributed by atoms with Gasteiger partial charge in [-0.3, -0.25) is 28.5 Å². The highest BCUT2D eigenvalue weighted by atomic mass is 28.2. The fourth-order valence-corrected chi connectivity index (χ4v) is 10.1. The molecule has 1 saturated carbocycles. The first-order chi connectivity index (χ1) is 32.1. The summed E-state index contributed by atoms with van der Waals surface area (Å²) in [5.74, 6) is -0.607. The molecule has 3 rings (SSSR count). The molecule has 21 heteroatoms. The van der Waals surface area contributed by atoms with Gasteiger partial charge in [-0.2, -0.15) is 0 Å². The summed E-state index contributed by atoms with van der Waals surface area (Å²) in [6, 6.07) is -0.470. The zero-order chi connectivity index (χ0) is 48.7. The second kappa shape index (κ2) is 32.8. The van der Waals surface area contributed by atoms with Crippen LogP contribution >= 0.6 is 0 Å². The van der Waals surface area contributed by atoms with Gasteiger partial charge in [-0.15, -0.1) is 10.2 Å². The number of carbonyl (C=O) groups is 7. The third-order valence-corrected chi connectivity index (χ3v) is 14.3. The van der Waals surface area contributed by atoms with Crippen molar-refractivity contribution in [1.29, 1.82) is 0 Å². The van der Waals surface area contributed by atoms with Gasteiger partial charge in [0.1, 0.15) is 25.9 Å². The van der Waals surface area contributed by atoms with E-state index in [2.05, 4.69) is 47.2 Å². The van der Waals surface area contributed by atoms with Crippen LogP contribution in [-0.2, 0) is 59.4 Å². The van der Waals surface area contributed by atoms with E-state index in [-0.39, 0.29) is 54.7 Å². The minimum atomic E-state index is -0.814. The van der Waals surface area contributed by atoms with Crippen LogP contribution in [0.2, 0.25) is 5.54 Å². The van der Waals surface area contributed by atoms with Crippen molar-refractivity contribution in [2.75, 3.05) is 26.2 Å². The van der Waals surface area contributed by atoms with Gasteiger partial charge >= 0.3 is 6.09 Å². The second-order valence-electron chi connectivity index (χ2n) is 19.0. The molecule has 376 valence electrons. The van der Waals surface area contributed by atoms with E-state index in [1.54, 1.807) is 42.5 Å². The number of carbonyl (C=O) groups excluding carboxylic acids is 7. The summed E-state index contributed by atoms with van der Waals surface area (Å²) in [4.78, 5) is 86.5. The molecule has 0 saturated heterocycles. The molecule has 2 aromatic rings. The summed E-state index contributed by atoms with van der Waals surface area (Å²) in [5.41, 5.74) is 1.27. The van der Waals surface area contributed by atoms with Crippen LogP contribution in [0.25, 0.3) is 0 Å². The van der Waals surface area contributed by atoms with Crippen molar-refractivity contribution in [3.05, 3.63) is 23.8 Å². The van der Waals surface area contributed by atoms with E-state index in [4.69, 9.17) is 4.74 Å². The molecule has 1 atom stereocenters. The van der Waals surface area contributed by atoms with Crippen molar-refractivity contribution in [3.63, 3.8) is 0 Å². The van der Waals surface area contributed by atoms with Crippen molar-refractivity contribution in [2.24, 2.45) is 0 Å². The van der Waals surface area contributed by atoms with E-state index >= 15 is 0 Å². The summed E-state index contributed by atoms with van der Waals surface area (Å²) in [6.07, 6.45) is 21.4. The second-order valence-corrected chi connectivity index (χ2v) is 22.5. The minimum absolute atomic E-state index is 0.0994. The van der Waals surface area contributed by atoms with Gasteiger partial charge in [0, 0.05) is 109 Å². The first-order valence-corrected chi connectivity index (χ1v) is 27.5. The SMILES string of the molecule is CC(C)(C)OC(=O)NC(CCC(=O)NCCCn1cc(CCC(=O)NCCC(=O)[SiH3])nn1)CCC(=O)NCCCn1cc(CCC(=O)NCCC(=O)[SiH2]C2CCCCCCCCCCC2)nn1. The number of hydrogen-bond donors (Lipinski definition) is 5. The van der Waals surface area contributed by atoms with Crippen LogP contribution in [0, 0.1) is 0 Å². The van der Waals surface area contributed by atoms with Crippen molar-refractivity contribution >= 4 is 60.3 Å². The Morgan fingerprint density at radius 2 is 1.07 bits per heavy atom. The van der Waals surface area contributed by atoms with Gasteiger partial charge in [0.05, 0.1) is 21.6 Å². The molecule has 1 fully saturated rings. The van der Waals surface area contributed by atoms with Crippen molar-refractivity contribution in [2.45, 2.75) is 199 Å². The van der Waals surface area contributed by atoms with Crippen LogP contribution in [0.4, 0.5) is 4.79 Å². The number of nitrogens with one attached hydrogen (secondary N) is 5. The Balaban J connectivity index is 1.28. The molecule has 19 nitrogen and oxygen atoms in total. The number of ether oxygens (including phenoxy) is 1. The van der Waals surface area contributed by atoms with Crippen molar-refractivity contribution in [3.8, 4) is 0 Å². The topological polar surface area (TPSA) is 250 Å². The zero-order valence-corrected chi connectivity index (χ0v) is 44.4. The molecule has 0 spiro atoms. The normalized spacial score (nSPS) is 14.7. The number of alkyl carbamates (subject to hydrolysis) is 1. The quantitative estimate of drug-likeness (QED) is 0.0583. The molecule has 2 heterocycles. The van der Waals surface area contributed by atoms with Gasteiger partial charge in [0.2, 0.25) is 23.6 Å². The molecule has 0 aliphatic heterocycles. The molecule has 0 radical (unpaired) electrons. The molecule has 1 aliphatic rings. The summed E-state index contributed by atoms with van der Waals surface area (Å²) in [6.45, 7) is 7.88. The summed E-state index contributed by atoms with van der Waals surface area (Å²) in [7, 11) is -0.334. The van der Waals surface area contributed by atoms with Gasteiger partial charge < -0.3 is 40.9 Å². The number of nitrogens with zero attached hydrogens (tertiary/aromatic N) is 6. The predicted octanol–water partition coefficient (Wildman–Crippen LogP) is 2.59. The van der Waals surface area contributed by atoms with Crippen LogP contribution < -0.4 is 26.6 Å². The largest absolute Gasteiger partial charge is 0.444 e. The van der Waals surface area contributed by atoms with Gasteiger partial charge in [0.15, 0.2) is 0 Å². The summed E-state index contributed by atoms with van der Waals surface area (Å²) in [5, 5.41) is 31.4. The Hall–Kier alpha value is -4.80. The lowest BCUT2D eigenvalue weighted by Gasteiger charge is -2.23. The van der Waals surface area contributed by atoms with E-state index in [0.29, 0.717) is 123 Å². The molecule has 0 bridgehead atoms. The van der Waals surface area contributed by atoms with Crippen LogP contribution in [0.15, 0.2) is 12.4 Å². The van der Waals surface area contributed by atoms with E-state index in [0.717, 1.165) is 0 Å². The molecular weight excluding hydrogens is 891 g/mol. The standard InChI is InChI=1S/C46H81N11O8Si2/c1-46(2,3)65-45(64)51-35(17-21-39(58)47-27-13-31-56-33-36(52-54-56)19-23-41(60)49-29-25-43(62)66)18-22-40(59)48-28-14-32-57-34-37(53-55-57)20-24-42(61)50-30-26-44(63)67-38-15-11-9-7-5-4-6-8-10-12-16-38/h33-35,38H,4-32,67H2,1-3,66H3,(H,47,58)(H,48,59)(H,49,60)(H,50,61)(H,51,64). The highest BCUT2D eigenvalue weighted by Crippen LogP contribution is 2.25. The van der Waals surface area contributed by atoms with Gasteiger partial charge in [-0.1, -0.05) is 81.1 Å². The van der Waals surface area contributed by atoms with Crippen LogP contribution in [0.3, 0.4) is 0 Å². The molecule has 67 heavy (non-hydrogen) atoms. The summed E-state index contributed by atoms with van der Waals surface area (Å²) >= 11 is 0. The molecule has 0 aromatic carbocycles. The minimum Gasteiger partial charge on any atom is -0.444 e. The Labute approximate surface area is 402 Å². The van der Waals surface area contributed by atoms with Crippen molar-refractivity contribution in [1.82, 2.24) is 56.6 Å². The average molecular weight is 972 g/mol. The monoisotopic (exact) mass is 972 g/mol. The Morgan fingerprint density at radius 1 is 0.642 bits per heavy atom. The lowest BCUT2D eigenvalue weighted by molar-refractivity contribution is -0.122. The van der Waals surface area contributed by atoms with Crippen LogP contribution in [0.1, 0.15) is 167 Å². The van der Waals surface area contributed by atoms with Gasteiger partial charge in [-0.05, 0) is 52.0 Å². The van der Waals surface area contributed by atoms with Crippen LogP contribution in [-0.4, -0.2) is 128 Å². The first-order valence-electron chi connectivity index (χ1n) is 25.0. The molecule has 5 N–H and O–H groups in total. The fourth-order valence-electron chi connectivity index (χ4n) is 7.87. The maximum Gasteiger partial charge on any atom is 0.407 e. The van der Waals surface area contributed by atoms with Crippen LogP contribution in [0.5, 0.6) is 0 Å². The van der Waals surface area contributed by atoms with Gasteiger partial charge in [-0.25, -0.2) is 4.79 Å². The third-order valence-electron chi connectivity index (χ3n) is 11.6. The molecule has 2 aromatic heterocycles. The zero-order valence-electron chi connectivity index (χ0n) is 41.0. The van der Waals surface area contributed by atoms with Gasteiger partial charge in [0.25, 0.3) is 0 Å².